The van der Waals surface area contributed by atoms with E-state index in [0.29, 0.717) is 6.07 Å². The molecule has 0 aromatic carbocycles. The van der Waals surface area contributed by atoms with Gasteiger partial charge in [-0.25, -0.2) is 13.2 Å². The average molecular weight is 193 g/mol. The minimum atomic E-state index is -3.01. The molecular weight excluding hydrogens is 187 g/mol. The summed E-state index contributed by atoms with van der Waals surface area (Å²) in [6.45, 7) is -0.873. The lowest BCUT2D eigenvalue weighted by molar-refractivity contribution is 0.140. The summed E-state index contributed by atoms with van der Waals surface area (Å²) in [6, 6.07) is 0.511. The zero-order chi connectivity index (χ0) is 10.0. The van der Waals surface area contributed by atoms with E-state index in [1.165, 1.54) is 0 Å². The minimum absolute atomic E-state index is 0.511. The van der Waals surface area contributed by atoms with Crippen molar-refractivity contribution in [2.24, 2.45) is 0 Å². The summed E-state index contributed by atoms with van der Waals surface area (Å²) < 4.78 is 37.0. The monoisotopic (exact) mass is 193 g/mol. The van der Waals surface area contributed by atoms with Crippen LogP contribution in [0, 0.1) is 5.82 Å². The summed E-state index contributed by atoms with van der Waals surface area (Å²) in [4.78, 5) is 12.3. The predicted octanol–water partition coefficient (Wildman–Crippen LogP) is 0.944. The van der Waals surface area contributed by atoms with E-state index in [4.69, 9.17) is 5.11 Å². The van der Waals surface area contributed by atoms with E-state index < -0.39 is 35.7 Å². The Morgan fingerprint density at radius 2 is 2.15 bits per heavy atom. The summed E-state index contributed by atoms with van der Waals surface area (Å²) in [7, 11) is 0. The van der Waals surface area contributed by atoms with E-state index in [2.05, 4.69) is 0 Å². The third kappa shape index (κ3) is 1.89. The molecule has 1 rings (SSSR count). The molecule has 72 valence electrons. The van der Waals surface area contributed by atoms with Gasteiger partial charge in [-0.3, -0.25) is 4.79 Å². The van der Waals surface area contributed by atoms with E-state index >= 15 is 0 Å². The van der Waals surface area contributed by atoms with Crippen LogP contribution in [0.2, 0.25) is 0 Å². The molecule has 0 radical (unpaired) electrons. The smallest absolute Gasteiger partial charge is 0.278 e. The molecule has 0 saturated carbocycles. The lowest BCUT2D eigenvalue weighted by atomic mass is 10.2. The molecule has 0 bridgehead atoms. The summed E-state index contributed by atoms with van der Waals surface area (Å²) in [6.07, 6.45) is -3.01. The lowest BCUT2D eigenvalue weighted by Gasteiger charge is -2.05. The molecule has 1 aromatic heterocycles. The van der Waals surface area contributed by atoms with Gasteiger partial charge in [-0.2, -0.15) is 0 Å². The number of aliphatic hydroxyl groups excluding tert-OH is 1. The predicted molar refractivity (Wildman–Crippen MR) is 37.9 cm³/mol. The van der Waals surface area contributed by atoms with Crippen molar-refractivity contribution in [1.82, 2.24) is 4.98 Å². The van der Waals surface area contributed by atoms with E-state index in [1.807, 2.05) is 0 Å². The first-order valence-corrected chi connectivity index (χ1v) is 3.37. The highest BCUT2D eigenvalue weighted by molar-refractivity contribution is 5.21. The standard InChI is InChI=1S/C7H6F3NO2/c8-4-1-5(13)11-6(7(9)10)3(4)2-12/h1,7,12H,2H2,(H,11,13). The zero-order valence-electron chi connectivity index (χ0n) is 6.35. The Morgan fingerprint density at radius 3 is 2.62 bits per heavy atom. The normalized spacial score (nSPS) is 10.8. The molecule has 0 spiro atoms. The number of aromatic nitrogens is 1. The molecule has 1 heterocycles. The second kappa shape index (κ2) is 3.61. The Morgan fingerprint density at radius 1 is 1.54 bits per heavy atom. The second-order valence-electron chi connectivity index (χ2n) is 2.33. The molecule has 0 saturated heterocycles. The van der Waals surface area contributed by atoms with E-state index in [1.54, 1.807) is 4.98 Å². The van der Waals surface area contributed by atoms with Crippen LogP contribution in [-0.4, -0.2) is 10.1 Å². The van der Waals surface area contributed by atoms with Crippen molar-refractivity contribution in [1.29, 1.82) is 0 Å². The molecule has 6 heteroatoms. The first-order chi connectivity index (χ1) is 6.06. The summed E-state index contributed by atoms with van der Waals surface area (Å²) in [5, 5.41) is 8.54. The van der Waals surface area contributed by atoms with Crippen molar-refractivity contribution < 1.29 is 18.3 Å². The molecule has 0 aliphatic carbocycles. The third-order valence-electron chi connectivity index (χ3n) is 1.51. The van der Waals surface area contributed by atoms with Crippen LogP contribution in [0.5, 0.6) is 0 Å². The van der Waals surface area contributed by atoms with Crippen molar-refractivity contribution in [2.45, 2.75) is 13.0 Å². The van der Waals surface area contributed by atoms with Gasteiger partial charge in [0, 0.05) is 11.6 Å². The molecule has 1 aromatic rings. The highest BCUT2D eigenvalue weighted by atomic mass is 19.3. The van der Waals surface area contributed by atoms with Crippen molar-refractivity contribution >= 4 is 0 Å². The van der Waals surface area contributed by atoms with Crippen LogP contribution in [0.4, 0.5) is 13.2 Å². The molecule has 13 heavy (non-hydrogen) atoms. The van der Waals surface area contributed by atoms with Crippen LogP contribution in [0.3, 0.4) is 0 Å². The summed E-state index contributed by atoms with van der Waals surface area (Å²) in [5.74, 6) is -1.12. The number of aliphatic hydroxyl groups is 1. The fourth-order valence-corrected chi connectivity index (χ4v) is 0.922. The van der Waals surface area contributed by atoms with Crippen LogP contribution in [-0.2, 0) is 6.61 Å². The number of hydrogen-bond donors (Lipinski definition) is 2. The Labute approximate surface area is 70.8 Å². The van der Waals surface area contributed by atoms with Gasteiger partial charge < -0.3 is 10.1 Å². The van der Waals surface area contributed by atoms with Gasteiger partial charge >= 0.3 is 0 Å². The topological polar surface area (TPSA) is 53.1 Å². The van der Waals surface area contributed by atoms with Crippen molar-refractivity contribution in [3.63, 3.8) is 0 Å². The quantitative estimate of drug-likeness (QED) is 0.734. The van der Waals surface area contributed by atoms with Gasteiger partial charge in [0.25, 0.3) is 12.0 Å². The van der Waals surface area contributed by atoms with Crippen molar-refractivity contribution in [3.05, 3.63) is 33.5 Å². The molecule has 0 aliphatic rings. The van der Waals surface area contributed by atoms with E-state index in [0.717, 1.165) is 0 Å². The maximum absolute atomic E-state index is 12.8. The number of rotatable bonds is 2. The number of nitrogens with one attached hydrogen (secondary N) is 1. The minimum Gasteiger partial charge on any atom is -0.391 e. The molecule has 0 atom stereocenters. The first kappa shape index (κ1) is 9.79. The number of hydrogen-bond acceptors (Lipinski definition) is 2. The molecule has 3 nitrogen and oxygen atoms in total. The van der Waals surface area contributed by atoms with Gasteiger partial charge in [-0.1, -0.05) is 0 Å². The van der Waals surface area contributed by atoms with E-state index in [-0.39, 0.29) is 0 Å². The van der Waals surface area contributed by atoms with Crippen LogP contribution < -0.4 is 5.56 Å². The number of aromatic amines is 1. The van der Waals surface area contributed by atoms with E-state index in [9.17, 15) is 18.0 Å². The Balaban J connectivity index is 3.38. The lowest BCUT2D eigenvalue weighted by Crippen LogP contribution is -2.13. The fraction of sp³-hybridized carbons (Fsp3) is 0.286. The molecular formula is C7H6F3NO2. The highest BCUT2D eigenvalue weighted by Gasteiger charge is 2.17. The van der Waals surface area contributed by atoms with Crippen molar-refractivity contribution in [3.8, 4) is 0 Å². The van der Waals surface area contributed by atoms with Gasteiger partial charge in [0.1, 0.15) is 5.82 Å². The summed E-state index contributed by atoms with van der Waals surface area (Å²) >= 11 is 0. The largest absolute Gasteiger partial charge is 0.391 e. The van der Waals surface area contributed by atoms with Gasteiger partial charge in [-0.05, 0) is 0 Å². The number of pyridine rings is 1. The molecule has 2 N–H and O–H groups in total. The van der Waals surface area contributed by atoms with Gasteiger partial charge in [0.05, 0.1) is 12.3 Å². The highest BCUT2D eigenvalue weighted by Crippen LogP contribution is 2.20. The van der Waals surface area contributed by atoms with Crippen LogP contribution in [0.1, 0.15) is 17.7 Å². The summed E-state index contributed by atoms with van der Waals surface area (Å²) in [5.41, 5.74) is -2.40. The third-order valence-corrected chi connectivity index (χ3v) is 1.51. The molecule has 0 aliphatic heterocycles. The van der Waals surface area contributed by atoms with Gasteiger partial charge in [0.2, 0.25) is 0 Å². The Bertz CT molecular complexity index is 361. The number of H-pyrrole nitrogens is 1. The van der Waals surface area contributed by atoms with Crippen LogP contribution in [0.25, 0.3) is 0 Å². The fourth-order valence-electron chi connectivity index (χ4n) is 0.922. The Hall–Kier alpha value is -1.30. The van der Waals surface area contributed by atoms with Gasteiger partial charge in [0.15, 0.2) is 0 Å². The first-order valence-electron chi connectivity index (χ1n) is 3.37. The molecule has 0 unspecified atom stereocenters. The maximum Gasteiger partial charge on any atom is 0.278 e. The SMILES string of the molecule is O=c1cc(F)c(CO)c(C(F)F)[nH]1. The van der Waals surface area contributed by atoms with Gasteiger partial charge in [-0.15, -0.1) is 0 Å². The van der Waals surface area contributed by atoms with Crippen molar-refractivity contribution in [2.75, 3.05) is 0 Å². The zero-order valence-corrected chi connectivity index (χ0v) is 6.35. The number of alkyl halides is 2. The molecule has 0 amide bonds. The molecule has 0 fully saturated rings. The van der Waals surface area contributed by atoms with Crippen LogP contribution >= 0.6 is 0 Å². The van der Waals surface area contributed by atoms with Crippen LogP contribution in [0.15, 0.2) is 10.9 Å². The maximum atomic E-state index is 12.8. The average Bonchev–Trinajstić information content (AvgIpc) is 2.02. The second-order valence-corrected chi connectivity index (χ2v) is 2.33. The Kier molecular flexibility index (Phi) is 2.72. The number of halogens is 3.